The van der Waals surface area contributed by atoms with Crippen molar-refractivity contribution in [3.05, 3.63) is 246 Å². The van der Waals surface area contributed by atoms with Crippen LogP contribution in [0.2, 0.25) is 0 Å². The molecule has 6 aromatic carbocycles. The number of hydrogen-bond donors (Lipinski definition) is 0. The van der Waals surface area contributed by atoms with Gasteiger partial charge in [0.25, 0.3) is 0 Å². The monoisotopic (exact) mass is 850 g/mol. The van der Waals surface area contributed by atoms with Crippen LogP contribution in [0.3, 0.4) is 0 Å². The Morgan fingerprint density at radius 2 is 0.877 bits per heavy atom. The van der Waals surface area contributed by atoms with Crippen molar-refractivity contribution in [2.24, 2.45) is 0 Å². The van der Waals surface area contributed by atoms with Gasteiger partial charge in [-0.05, 0) is 123 Å². The third-order valence-corrected chi connectivity index (χ3v) is 12.3. The minimum atomic E-state index is -2.63. The van der Waals surface area contributed by atoms with Gasteiger partial charge >= 0.3 is 0 Å². The third kappa shape index (κ3) is 10.3. The van der Waals surface area contributed by atoms with Crippen molar-refractivity contribution in [1.29, 1.82) is 0 Å². The van der Waals surface area contributed by atoms with E-state index in [4.69, 9.17) is 19.1 Å². The molecule has 0 aliphatic rings. The number of hydrogen-bond acceptors (Lipinski definition) is 3. The fraction of sp³-hybridized carbons (Fsp3) is 0.177. The molecule has 0 spiro atoms. The van der Waals surface area contributed by atoms with Crippen LogP contribution in [0.4, 0.5) is 0 Å². The second-order valence-electron chi connectivity index (χ2n) is 18.1. The standard InChI is InChI=1S/C62H57N3/c1-44-24-27-51(28-25-44)60-38-57(53-23-15-22-52(37-53)48-16-9-6-10-17-48)54(41-63-60)29-26-45-34-46(39-61(2,3)55-30-32-58(64-42-55)49-18-11-7-12-19-49)36-47(35-45)40-62(4,5)56-31-33-59(65-43-56)50-20-13-8-14-21-50/h6-25,27-28,30-38,41-43H,26,29,39-40H2,1-5H3/i1D3,26D2,29D2. The highest BCUT2D eigenvalue weighted by Gasteiger charge is 2.25. The van der Waals surface area contributed by atoms with Crippen LogP contribution < -0.4 is 0 Å². The van der Waals surface area contributed by atoms with E-state index in [1.165, 1.54) is 6.20 Å². The van der Waals surface area contributed by atoms with E-state index in [-0.39, 0.29) is 16.7 Å². The van der Waals surface area contributed by atoms with E-state index in [0.717, 1.165) is 55.9 Å². The number of nitrogens with zero attached hydrogens (tertiary/aromatic N) is 3. The van der Waals surface area contributed by atoms with E-state index in [0.29, 0.717) is 35.2 Å². The third-order valence-electron chi connectivity index (χ3n) is 12.3. The largest absolute Gasteiger partial charge is 0.256 e. The maximum atomic E-state index is 10.0. The molecule has 0 saturated heterocycles. The highest BCUT2D eigenvalue weighted by molar-refractivity contribution is 5.77. The highest BCUT2D eigenvalue weighted by atomic mass is 14.7. The molecule has 320 valence electrons. The second kappa shape index (κ2) is 18.9. The predicted octanol–water partition coefficient (Wildman–Crippen LogP) is 15.3. The number of rotatable bonds is 14. The molecule has 0 N–H and O–H groups in total. The zero-order chi connectivity index (χ0) is 50.9. The molecule has 65 heavy (non-hydrogen) atoms. The van der Waals surface area contributed by atoms with E-state index >= 15 is 0 Å². The molecule has 9 aromatic rings. The Kier molecular flexibility index (Phi) is 10.2. The van der Waals surface area contributed by atoms with Crippen LogP contribution >= 0.6 is 0 Å². The highest BCUT2D eigenvalue weighted by Crippen LogP contribution is 2.35. The van der Waals surface area contributed by atoms with Gasteiger partial charge in [-0.3, -0.25) is 15.0 Å². The summed E-state index contributed by atoms with van der Waals surface area (Å²) < 4.78 is 63.8. The number of aromatic nitrogens is 3. The summed E-state index contributed by atoms with van der Waals surface area (Å²) in [4.78, 5) is 14.5. The topological polar surface area (TPSA) is 38.7 Å². The lowest BCUT2D eigenvalue weighted by atomic mass is 9.77. The van der Waals surface area contributed by atoms with E-state index in [2.05, 4.69) is 45.9 Å². The van der Waals surface area contributed by atoms with Crippen molar-refractivity contribution in [2.45, 2.75) is 71.0 Å². The predicted molar refractivity (Wildman–Crippen MR) is 272 cm³/mol. The van der Waals surface area contributed by atoms with Gasteiger partial charge in [0.05, 0.1) is 17.1 Å². The average Bonchev–Trinajstić information content (AvgIpc) is 3.38. The Bertz CT molecular complexity index is 3180. The summed E-state index contributed by atoms with van der Waals surface area (Å²) in [5.74, 6) is 0. The first-order valence-electron chi connectivity index (χ1n) is 25.7. The van der Waals surface area contributed by atoms with Crippen molar-refractivity contribution >= 4 is 0 Å². The van der Waals surface area contributed by atoms with Crippen LogP contribution in [-0.4, -0.2) is 15.0 Å². The van der Waals surface area contributed by atoms with Gasteiger partial charge in [0, 0.05) is 44.9 Å². The summed E-state index contributed by atoms with van der Waals surface area (Å²) in [7, 11) is 0. The van der Waals surface area contributed by atoms with Crippen LogP contribution in [-0.2, 0) is 36.4 Å². The minimum absolute atomic E-state index is 0.0855. The van der Waals surface area contributed by atoms with Crippen LogP contribution in [0.5, 0.6) is 0 Å². The molecular formula is C62H57N3. The van der Waals surface area contributed by atoms with Gasteiger partial charge in [-0.2, -0.15) is 0 Å². The van der Waals surface area contributed by atoms with Crippen molar-refractivity contribution < 1.29 is 9.60 Å². The van der Waals surface area contributed by atoms with Gasteiger partial charge in [-0.25, -0.2) is 0 Å². The Morgan fingerprint density at radius 3 is 1.40 bits per heavy atom. The number of pyridine rings is 3. The van der Waals surface area contributed by atoms with Crippen LogP contribution in [0.15, 0.2) is 207 Å². The fourth-order valence-electron chi connectivity index (χ4n) is 8.64. The van der Waals surface area contributed by atoms with Gasteiger partial charge in [-0.1, -0.05) is 197 Å². The first-order valence-corrected chi connectivity index (χ1v) is 22.2. The Labute approximate surface area is 395 Å². The van der Waals surface area contributed by atoms with Gasteiger partial charge in [0.15, 0.2) is 0 Å². The lowest BCUT2D eigenvalue weighted by molar-refractivity contribution is 0.512. The second-order valence-corrected chi connectivity index (χ2v) is 18.1. The summed E-state index contributed by atoms with van der Waals surface area (Å²) in [6.07, 6.45) is 1.14. The van der Waals surface area contributed by atoms with Crippen molar-refractivity contribution in [2.75, 3.05) is 0 Å². The summed E-state index contributed by atoms with van der Waals surface area (Å²) in [5, 5.41) is 0. The normalized spacial score (nSPS) is 13.9. The summed E-state index contributed by atoms with van der Waals surface area (Å²) in [6.45, 7) is 6.37. The summed E-state index contributed by atoms with van der Waals surface area (Å²) in [5.41, 5.74) is 11.5. The van der Waals surface area contributed by atoms with Gasteiger partial charge in [-0.15, -0.1) is 0 Å². The zero-order valence-electron chi connectivity index (χ0n) is 44.4. The van der Waals surface area contributed by atoms with E-state index in [9.17, 15) is 5.48 Å². The molecule has 3 nitrogen and oxygen atoms in total. The maximum Gasteiger partial charge on any atom is 0.0708 e. The molecule has 0 bridgehead atoms. The van der Waals surface area contributed by atoms with Crippen molar-refractivity contribution in [3.8, 4) is 56.0 Å². The molecule has 3 heterocycles. The average molecular weight is 851 g/mol. The molecule has 0 aliphatic heterocycles. The van der Waals surface area contributed by atoms with Crippen LogP contribution in [0, 0.1) is 6.85 Å². The van der Waals surface area contributed by atoms with E-state index in [1.807, 2.05) is 152 Å². The maximum absolute atomic E-state index is 10.0. The molecule has 0 fully saturated rings. The smallest absolute Gasteiger partial charge is 0.0708 e. The first-order chi connectivity index (χ1) is 34.3. The SMILES string of the molecule is [2H]C([2H])([2H])c1ccc(-c2cc(-c3cccc(-c4ccccc4)c3)c(C([2H])([2H])C([2H])([2H])c3cc(CC(C)(C)c4ccc(-c5ccccc5)nc4)cc(CC(C)(C)c4ccc(-c5ccccc5)nc4)c3)cn2)cc1. The molecule has 9 rings (SSSR count). The molecule has 0 unspecified atom stereocenters. The van der Waals surface area contributed by atoms with Gasteiger partial charge in [0.2, 0.25) is 0 Å². The lowest BCUT2D eigenvalue weighted by Crippen LogP contribution is -2.23. The van der Waals surface area contributed by atoms with Crippen molar-refractivity contribution in [1.82, 2.24) is 15.0 Å². The molecule has 3 aromatic heterocycles. The number of benzene rings is 6. The molecular weight excluding hydrogens is 787 g/mol. The molecule has 3 heteroatoms. The first kappa shape index (κ1) is 35.2. The number of aryl methyl sites for hydroxylation is 3. The Balaban J connectivity index is 1.14. The fourth-order valence-corrected chi connectivity index (χ4v) is 8.64. The van der Waals surface area contributed by atoms with Crippen LogP contribution in [0.25, 0.3) is 56.0 Å². The minimum Gasteiger partial charge on any atom is -0.256 e. The lowest BCUT2D eigenvalue weighted by Gasteiger charge is -2.28. The van der Waals surface area contributed by atoms with Crippen LogP contribution in [0.1, 0.15) is 76.2 Å². The Hall–Kier alpha value is -7.23. The molecule has 0 amide bonds. The van der Waals surface area contributed by atoms with Gasteiger partial charge < -0.3 is 0 Å². The zero-order valence-corrected chi connectivity index (χ0v) is 37.4. The molecule has 0 aliphatic carbocycles. The molecule has 0 atom stereocenters. The molecule has 0 radical (unpaired) electrons. The van der Waals surface area contributed by atoms with E-state index in [1.54, 1.807) is 30.3 Å². The van der Waals surface area contributed by atoms with Gasteiger partial charge in [0.1, 0.15) is 0 Å². The quantitative estimate of drug-likeness (QED) is 0.109. The Morgan fingerprint density at radius 1 is 0.400 bits per heavy atom. The summed E-state index contributed by atoms with van der Waals surface area (Å²) >= 11 is 0. The summed E-state index contributed by atoms with van der Waals surface area (Å²) in [6, 6.07) is 60.3. The van der Waals surface area contributed by atoms with E-state index < -0.39 is 30.4 Å². The molecule has 0 saturated carbocycles. The van der Waals surface area contributed by atoms with Crippen molar-refractivity contribution in [3.63, 3.8) is 0 Å².